The summed E-state index contributed by atoms with van der Waals surface area (Å²) in [5, 5.41) is 0. The van der Waals surface area contributed by atoms with Gasteiger partial charge in [0.05, 0.1) is 11.3 Å². The number of fused-ring (bicyclic) bond motifs is 1. The first-order valence-corrected chi connectivity index (χ1v) is 8.61. The maximum Gasteiger partial charge on any atom is 0.338 e. The summed E-state index contributed by atoms with van der Waals surface area (Å²) in [6.45, 7) is 5.94. The lowest BCUT2D eigenvalue weighted by Crippen LogP contribution is -2.21. The summed E-state index contributed by atoms with van der Waals surface area (Å²) in [5.74, 6) is -0.439. The fourth-order valence-electron chi connectivity index (χ4n) is 2.80. The third-order valence-corrected chi connectivity index (χ3v) is 4.21. The summed E-state index contributed by atoms with van der Waals surface area (Å²) in [7, 11) is 0. The fourth-order valence-corrected chi connectivity index (χ4v) is 2.80. The monoisotopic (exact) mass is 351 g/mol. The van der Waals surface area contributed by atoms with Crippen LogP contribution in [0.1, 0.15) is 29.9 Å². The van der Waals surface area contributed by atoms with Crippen molar-refractivity contribution in [2.24, 2.45) is 0 Å². The molecule has 0 amide bonds. The van der Waals surface area contributed by atoms with Gasteiger partial charge in [0.1, 0.15) is 12.3 Å². The molecule has 0 saturated heterocycles. The summed E-state index contributed by atoms with van der Waals surface area (Å²) in [4.78, 5) is 30.8. The van der Waals surface area contributed by atoms with E-state index in [9.17, 15) is 9.59 Å². The van der Waals surface area contributed by atoms with Crippen LogP contribution < -0.4 is 10.5 Å². The van der Waals surface area contributed by atoms with Gasteiger partial charge in [-0.05, 0) is 50.2 Å². The van der Waals surface area contributed by atoms with Crippen molar-refractivity contribution < 1.29 is 9.53 Å². The third kappa shape index (κ3) is 3.74. The number of aromatic nitrogens is 2. The molecule has 2 aromatic heterocycles. The Balaban J connectivity index is 1.70. The zero-order chi connectivity index (χ0) is 18.5. The Hall–Kier alpha value is -3.15. The number of nitrogens with zero attached hydrogens (tertiary/aromatic N) is 3. The molecule has 3 rings (SSSR count). The molecule has 1 aromatic carbocycles. The lowest BCUT2D eigenvalue weighted by molar-refractivity contribution is 0.0467. The molecular weight excluding hydrogens is 330 g/mol. The van der Waals surface area contributed by atoms with Crippen LogP contribution in [0, 0.1) is 0 Å². The smallest absolute Gasteiger partial charge is 0.338 e. The zero-order valence-electron chi connectivity index (χ0n) is 14.9. The van der Waals surface area contributed by atoms with Gasteiger partial charge in [-0.15, -0.1) is 0 Å². The third-order valence-electron chi connectivity index (χ3n) is 4.21. The number of pyridine rings is 1. The molecule has 0 radical (unpaired) electrons. The minimum atomic E-state index is -0.439. The Bertz CT molecular complexity index is 960. The van der Waals surface area contributed by atoms with Crippen LogP contribution in [-0.2, 0) is 11.3 Å². The molecule has 6 nitrogen and oxygen atoms in total. The SMILES string of the molecule is CCN(CC)c1ccc(C(=O)OCc2cc(=O)n3ccccc3n2)cc1. The van der Waals surface area contributed by atoms with Crippen molar-refractivity contribution in [3.8, 4) is 0 Å². The highest BCUT2D eigenvalue weighted by Crippen LogP contribution is 2.15. The first kappa shape index (κ1) is 17.7. The van der Waals surface area contributed by atoms with E-state index in [1.54, 1.807) is 36.5 Å². The molecule has 0 saturated carbocycles. The van der Waals surface area contributed by atoms with Crippen LogP contribution >= 0.6 is 0 Å². The molecule has 0 unspecified atom stereocenters. The number of anilines is 1. The fraction of sp³-hybridized carbons (Fsp3) is 0.250. The molecule has 0 aliphatic heterocycles. The molecule has 0 aliphatic rings. The van der Waals surface area contributed by atoms with Crippen molar-refractivity contribution in [1.82, 2.24) is 9.38 Å². The Morgan fingerprint density at radius 3 is 2.54 bits per heavy atom. The average molecular weight is 351 g/mol. The summed E-state index contributed by atoms with van der Waals surface area (Å²) in [5.41, 5.74) is 2.28. The minimum Gasteiger partial charge on any atom is -0.456 e. The molecule has 0 fully saturated rings. The van der Waals surface area contributed by atoms with Crippen molar-refractivity contribution in [3.63, 3.8) is 0 Å². The van der Waals surface area contributed by atoms with E-state index in [0.29, 0.717) is 16.9 Å². The van der Waals surface area contributed by atoms with E-state index in [0.717, 1.165) is 18.8 Å². The van der Waals surface area contributed by atoms with Crippen molar-refractivity contribution in [1.29, 1.82) is 0 Å². The summed E-state index contributed by atoms with van der Waals surface area (Å²) < 4.78 is 6.75. The zero-order valence-corrected chi connectivity index (χ0v) is 14.9. The van der Waals surface area contributed by atoms with Crippen LogP contribution in [-0.4, -0.2) is 28.4 Å². The molecule has 0 spiro atoms. The quantitative estimate of drug-likeness (QED) is 0.639. The molecule has 0 bridgehead atoms. The normalized spacial score (nSPS) is 10.7. The van der Waals surface area contributed by atoms with Crippen molar-refractivity contribution in [2.45, 2.75) is 20.5 Å². The average Bonchev–Trinajstić information content (AvgIpc) is 2.68. The van der Waals surface area contributed by atoms with Crippen LogP contribution in [0.5, 0.6) is 0 Å². The number of carbonyl (C=O) groups is 1. The number of rotatable bonds is 6. The second kappa shape index (κ2) is 7.82. The second-order valence-electron chi connectivity index (χ2n) is 5.81. The number of benzene rings is 1. The van der Waals surface area contributed by atoms with Crippen LogP contribution in [0.15, 0.2) is 59.5 Å². The largest absolute Gasteiger partial charge is 0.456 e. The number of hydrogen-bond donors (Lipinski definition) is 0. The summed E-state index contributed by atoms with van der Waals surface area (Å²) >= 11 is 0. The Labute approximate surface area is 151 Å². The summed E-state index contributed by atoms with van der Waals surface area (Å²) in [6, 6.07) is 14.0. The van der Waals surface area contributed by atoms with Crippen molar-refractivity contribution >= 4 is 17.3 Å². The number of ether oxygens (including phenoxy) is 1. The topological polar surface area (TPSA) is 63.9 Å². The highest BCUT2D eigenvalue weighted by molar-refractivity contribution is 5.89. The van der Waals surface area contributed by atoms with E-state index < -0.39 is 5.97 Å². The van der Waals surface area contributed by atoms with Crippen LogP contribution in [0.4, 0.5) is 5.69 Å². The first-order chi connectivity index (χ1) is 12.6. The van der Waals surface area contributed by atoms with Gasteiger partial charge in [0, 0.05) is 31.0 Å². The van der Waals surface area contributed by atoms with Gasteiger partial charge in [-0.2, -0.15) is 0 Å². The number of esters is 1. The van der Waals surface area contributed by atoms with E-state index in [1.165, 1.54) is 10.5 Å². The summed E-state index contributed by atoms with van der Waals surface area (Å²) in [6.07, 6.45) is 1.65. The lowest BCUT2D eigenvalue weighted by atomic mass is 10.2. The minimum absolute atomic E-state index is 0.0444. The number of hydrogen-bond acceptors (Lipinski definition) is 5. The van der Waals surface area contributed by atoms with E-state index in [-0.39, 0.29) is 12.2 Å². The van der Waals surface area contributed by atoms with Gasteiger partial charge < -0.3 is 9.64 Å². The van der Waals surface area contributed by atoms with Gasteiger partial charge in [0.25, 0.3) is 5.56 Å². The standard InChI is InChI=1S/C20H21N3O3/c1-3-22(4-2)17-10-8-15(9-11-17)20(25)26-14-16-13-19(24)23-12-6-5-7-18(23)21-16/h5-13H,3-4,14H2,1-2H3. The molecule has 0 N–H and O–H groups in total. The van der Waals surface area contributed by atoms with Gasteiger partial charge in [-0.1, -0.05) is 6.07 Å². The molecule has 6 heteroatoms. The van der Waals surface area contributed by atoms with Crippen molar-refractivity contribution in [2.75, 3.05) is 18.0 Å². The van der Waals surface area contributed by atoms with Gasteiger partial charge >= 0.3 is 5.97 Å². The van der Waals surface area contributed by atoms with Crippen molar-refractivity contribution in [3.05, 3.63) is 76.3 Å². The van der Waals surface area contributed by atoms with Gasteiger partial charge in [0.15, 0.2) is 0 Å². The predicted octanol–water partition coefficient (Wildman–Crippen LogP) is 2.90. The molecule has 2 heterocycles. The molecule has 0 aliphatic carbocycles. The molecule has 26 heavy (non-hydrogen) atoms. The van der Waals surface area contributed by atoms with Gasteiger partial charge in [-0.3, -0.25) is 9.20 Å². The maximum atomic E-state index is 12.2. The highest BCUT2D eigenvalue weighted by atomic mass is 16.5. The second-order valence-corrected chi connectivity index (χ2v) is 5.81. The predicted molar refractivity (Wildman–Crippen MR) is 101 cm³/mol. The first-order valence-electron chi connectivity index (χ1n) is 8.61. The van der Waals surface area contributed by atoms with Crippen LogP contribution in [0.2, 0.25) is 0 Å². The van der Waals surface area contributed by atoms with E-state index in [4.69, 9.17) is 4.74 Å². The van der Waals surface area contributed by atoms with Gasteiger partial charge in [0.2, 0.25) is 0 Å². The van der Waals surface area contributed by atoms with Crippen LogP contribution in [0.25, 0.3) is 5.65 Å². The number of carbonyl (C=O) groups excluding carboxylic acids is 1. The molecule has 3 aromatic rings. The molecular formula is C20H21N3O3. The van der Waals surface area contributed by atoms with E-state index in [1.807, 2.05) is 12.1 Å². The Kier molecular flexibility index (Phi) is 5.31. The Morgan fingerprint density at radius 2 is 1.85 bits per heavy atom. The van der Waals surface area contributed by atoms with Crippen LogP contribution in [0.3, 0.4) is 0 Å². The van der Waals surface area contributed by atoms with E-state index >= 15 is 0 Å². The Morgan fingerprint density at radius 1 is 1.12 bits per heavy atom. The maximum absolute atomic E-state index is 12.2. The van der Waals surface area contributed by atoms with E-state index in [2.05, 4.69) is 23.7 Å². The highest BCUT2D eigenvalue weighted by Gasteiger charge is 2.10. The van der Waals surface area contributed by atoms with Gasteiger partial charge in [-0.25, -0.2) is 9.78 Å². The molecule has 134 valence electrons. The lowest BCUT2D eigenvalue weighted by Gasteiger charge is -2.20. The molecule has 0 atom stereocenters.